The van der Waals surface area contributed by atoms with Crippen LogP contribution in [0.15, 0.2) is 72.8 Å². The van der Waals surface area contributed by atoms with Gasteiger partial charge in [-0.05, 0) is 66.8 Å². The summed E-state index contributed by atoms with van der Waals surface area (Å²) < 4.78 is 0. The molecule has 0 aliphatic heterocycles. The number of aryl methyl sites for hydroxylation is 2. The lowest BCUT2D eigenvalue weighted by Gasteiger charge is -2.14. The molecule has 4 aromatic carbocycles. The smallest absolute Gasteiger partial charge is 0.336 e. The Morgan fingerprint density at radius 3 is 1.78 bits per heavy atom. The van der Waals surface area contributed by atoms with E-state index in [0.29, 0.717) is 23.4 Å². The maximum absolute atomic E-state index is 12.9. The van der Waals surface area contributed by atoms with Crippen molar-refractivity contribution in [3.63, 3.8) is 0 Å². The topological polar surface area (TPSA) is 211 Å². The van der Waals surface area contributed by atoms with Crippen molar-refractivity contribution in [2.24, 2.45) is 0 Å². The predicted octanol–water partition coefficient (Wildman–Crippen LogP) is 5.90. The molecule has 230 valence electrons. The summed E-state index contributed by atoms with van der Waals surface area (Å²) in [5.41, 5.74) is 5.83. The Morgan fingerprint density at radius 1 is 0.711 bits per heavy atom. The van der Waals surface area contributed by atoms with Crippen LogP contribution in [0.5, 0.6) is 0 Å². The van der Waals surface area contributed by atoms with E-state index in [2.05, 4.69) is 10.8 Å². The van der Waals surface area contributed by atoms with Gasteiger partial charge in [-0.15, -0.1) is 0 Å². The van der Waals surface area contributed by atoms with Gasteiger partial charge in [0.25, 0.3) is 17.3 Å². The van der Waals surface area contributed by atoms with Crippen molar-refractivity contribution in [3.05, 3.63) is 138 Å². The molecule has 45 heavy (non-hydrogen) atoms. The summed E-state index contributed by atoms with van der Waals surface area (Å²) in [4.78, 5) is 62.3. The number of nitrogens with zero attached hydrogens (tertiary/aromatic N) is 2. The normalized spacial score (nSPS) is 10.6. The molecule has 0 unspecified atom stereocenters. The number of carbonyl (C=O) groups excluding carboxylic acids is 1. The number of rotatable bonds is 12. The molecule has 0 aromatic heterocycles. The Hall–Kier alpha value is -6.15. The Bertz CT molecular complexity index is 1850. The minimum absolute atomic E-state index is 0.107. The average Bonchev–Trinajstić information content (AvgIpc) is 2.99. The Balaban J connectivity index is 1.42. The van der Waals surface area contributed by atoms with Crippen molar-refractivity contribution in [3.8, 4) is 0 Å². The third-order valence-corrected chi connectivity index (χ3v) is 6.87. The highest BCUT2D eigenvalue weighted by molar-refractivity contribution is 6.11. The molecule has 0 fully saturated rings. The minimum Gasteiger partial charge on any atom is -0.478 e. The summed E-state index contributed by atoms with van der Waals surface area (Å²) in [6.45, 7) is 3.37. The summed E-state index contributed by atoms with van der Waals surface area (Å²) in [6, 6.07) is 17.3. The molecule has 0 aliphatic rings. The number of carboxylic acid groups (broad SMARTS) is 2. The number of hydrogen-bond acceptors (Lipinski definition) is 9. The van der Waals surface area contributed by atoms with E-state index in [-0.39, 0.29) is 34.5 Å². The van der Waals surface area contributed by atoms with Crippen LogP contribution >= 0.6 is 0 Å². The van der Waals surface area contributed by atoms with Crippen LogP contribution in [0.1, 0.15) is 58.9 Å². The molecule has 0 saturated carbocycles. The van der Waals surface area contributed by atoms with Gasteiger partial charge >= 0.3 is 11.9 Å². The largest absolute Gasteiger partial charge is 0.478 e. The van der Waals surface area contributed by atoms with Gasteiger partial charge in [0.2, 0.25) is 0 Å². The van der Waals surface area contributed by atoms with Gasteiger partial charge in [0, 0.05) is 35.5 Å². The van der Waals surface area contributed by atoms with E-state index < -0.39 is 33.4 Å². The van der Waals surface area contributed by atoms with Gasteiger partial charge in [-0.25, -0.2) is 9.59 Å². The molecule has 0 radical (unpaired) electrons. The fraction of sp³-hybridized carbons (Fsp3) is 0.129. The van der Waals surface area contributed by atoms with E-state index in [4.69, 9.17) is 4.84 Å². The van der Waals surface area contributed by atoms with Gasteiger partial charge in [0.05, 0.1) is 32.2 Å². The van der Waals surface area contributed by atoms with Crippen LogP contribution in [-0.2, 0) is 17.9 Å². The summed E-state index contributed by atoms with van der Waals surface area (Å²) >= 11 is 0. The molecule has 0 atom stereocenters. The van der Waals surface area contributed by atoms with Crippen LogP contribution in [0, 0.1) is 34.1 Å². The monoisotopic (exact) mass is 614 g/mol. The molecule has 4 N–H and O–H groups in total. The SMILES string of the molecule is Cc1cc(Cc2ccc(NC(=O)c3cc([N+](=O)[O-])ccc3C(=O)O)c(C)c2)ccc1NOCc1cc([N+](=O)[O-])ccc1C(=O)O. The van der Waals surface area contributed by atoms with Gasteiger partial charge in [0.1, 0.15) is 6.61 Å². The third-order valence-electron chi connectivity index (χ3n) is 6.87. The van der Waals surface area contributed by atoms with Crippen molar-refractivity contribution in [2.45, 2.75) is 26.9 Å². The van der Waals surface area contributed by atoms with Crippen molar-refractivity contribution in [2.75, 3.05) is 10.8 Å². The van der Waals surface area contributed by atoms with Gasteiger partial charge in [-0.2, -0.15) is 0 Å². The number of nitrogens with one attached hydrogen (secondary N) is 2. The number of hydrogen-bond donors (Lipinski definition) is 4. The molecule has 0 heterocycles. The molecule has 1 amide bonds. The summed E-state index contributed by atoms with van der Waals surface area (Å²) in [7, 11) is 0. The Labute approximate surface area is 255 Å². The van der Waals surface area contributed by atoms with E-state index in [0.717, 1.165) is 53.1 Å². The van der Waals surface area contributed by atoms with Gasteiger partial charge in [0.15, 0.2) is 0 Å². The fourth-order valence-electron chi connectivity index (χ4n) is 4.59. The van der Waals surface area contributed by atoms with Crippen molar-refractivity contribution < 1.29 is 39.3 Å². The van der Waals surface area contributed by atoms with E-state index in [9.17, 15) is 44.8 Å². The fourth-order valence-corrected chi connectivity index (χ4v) is 4.59. The Kier molecular flexibility index (Phi) is 9.49. The maximum Gasteiger partial charge on any atom is 0.336 e. The molecule has 0 saturated heterocycles. The number of benzene rings is 4. The van der Waals surface area contributed by atoms with Crippen LogP contribution in [0.4, 0.5) is 22.7 Å². The lowest BCUT2D eigenvalue weighted by molar-refractivity contribution is -0.385. The number of nitro benzene ring substituents is 2. The van der Waals surface area contributed by atoms with Crippen molar-refractivity contribution in [1.82, 2.24) is 0 Å². The van der Waals surface area contributed by atoms with E-state index in [1.807, 2.05) is 25.1 Å². The second-order valence-corrected chi connectivity index (χ2v) is 10.0. The highest BCUT2D eigenvalue weighted by Crippen LogP contribution is 2.25. The molecule has 14 nitrogen and oxygen atoms in total. The van der Waals surface area contributed by atoms with E-state index in [1.165, 1.54) is 0 Å². The Morgan fingerprint density at radius 2 is 1.24 bits per heavy atom. The second kappa shape index (κ2) is 13.4. The van der Waals surface area contributed by atoms with Crippen molar-refractivity contribution in [1.29, 1.82) is 0 Å². The number of carbonyl (C=O) groups is 3. The standard InChI is InChI=1S/C31H26N4O10/c1-17-11-19(3-9-27(17)32-29(36)26-15-23(35(43)44)6-8-25(26)31(39)40)13-20-4-10-28(18(2)12-20)33-45-16-21-14-22(34(41)42)5-7-24(21)30(37)38/h3-12,14-15,33H,13,16H2,1-2H3,(H,32,36)(H,37,38)(H,39,40). The quantitative estimate of drug-likeness (QED) is 0.109. The van der Waals surface area contributed by atoms with Crippen LogP contribution in [-0.4, -0.2) is 37.9 Å². The summed E-state index contributed by atoms with van der Waals surface area (Å²) in [5, 5.41) is 43.6. The average molecular weight is 615 g/mol. The zero-order valence-electron chi connectivity index (χ0n) is 23.9. The van der Waals surface area contributed by atoms with Crippen LogP contribution in [0.3, 0.4) is 0 Å². The van der Waals surface area contributed by atoms with Gasteiger partial charge < -0.3 is 15.5 Å². The highest BCUT2D eigenvalue weighted by atomic mass is 16.6. The molecular weight excluding hydrogens is 588 g/mol. The molecular formula is C31H26N4O10. The zero-order valence-corrected chi connectivity index (χ0v) is 23.9. The van der Waals surface area contributed by atoms with Crippen LogP contribution in [0.2, 0.25) is 0 Å². The van der Waals surface area contributed by atoms with Crippen LogP contribution < -0.4 is 10.8 Å². The molecule has 0 bridgehead atoms. The first kappa shape index (κ1) is 31.8. The van der Waals surface area contributed by atoms with Crippen LogP contribution in [0.25, 0.3) is 0 Å². The van der Waals surface area contributed by atoms with Gasteiger partial charge in [-0.3, -0.25) is 35.3 Å². The first-order chi connectivity index (χ1) is 21.3. The second-order valence-electron chi connectivity index (χ2n) is 10.0. The predicted molar refractivity (Wildman–Crippen MR) is 162 cm³/mol. The number of nitro groups is 2. The van der Waals surface area contributed by atoms with E-state index >= 15 is 0 Å². The maximum atomic E-state index is 12.9. The molecule has 0 spiro atoms. The number of amides is 1. The first-order valence-corrected chi connectivity index (χ1v) is 13.2. The number of non-ortho nitro benzene ring substituents is 2. The number of carboxylic acids is 2. The number of anilines is 2. The first-order valence-electron chi connectivity index (χ1n) is 13.2. The van der Waals surface area contributed by atoms with Gasteiger partial charge in [-0.1, -0.05) is 24.3 Å². The summed E-state index contributed by atoms with van der Waals surface area (Å²) in [5.74, 6) is -3.41. The summed E-state index contributed by atoms with van der Waals surface area (Å²) in [6.07, 6.45) is 0.529. The molecule has 4 aromatic rings. The zero-order chi connectivity index (χ0) is 32.8. The molecule has 4 rings (SSSR count). The highest BCUT2D eigenvalue weighted by Gasteiger charge is 2.21. The van der Waals surface area contributed by atoms with E-state index in [1.54, 1.807) is 25.1 Å². The van der Waals surface area contributed by atoms with Crippen molar-refractivity contribution >= 4 is 40.6 Å². The number of aromatic carboxylic acids is 2. The molecule has 14 heteroatoms. The lowest BCUT2D eigenvalue weighted by atomic mass is 10.00. The minimum atomic E-state index is -1.39. The molecule has 0 aliphatic carbocycles. The lowest BCUT2D eigenvalue weighted by Crippen LogP contribution is -2.17. The third kappa shape index (κ3) is 7.63.